The number of ether oxygens (including phenoxy) is 1. The van der Waals surface area contributed by atoms with Crippen molar-refractivity contribution in [1.29, 1.82) is 0 Å². The van der Waals surface area contributed by atoms with E-state index in [4.69, 9.17) is 4.74 Å². The van der Waals surface area contributed by atoms with Crippen molar-refractivity contribution in [2.75, 3.05) is 0 Å². The second-order valence-corrected chi connectivity index (χ2v) is 5.89. The highest BCUT2D eigenvalue weighted by Crippen LogP contribution is 2.26. The van der Waals surface area contributed by atoms with Gasteiger partial charge in [0.05, 0.1) is 10.4 Å². The molecule has 0 aliphatic rings. The van der Waals surface area contributed by atoms with Crippen LogP contribution in [0.5, 0.6) is 5.75 Å². The van der Waals surface area contributed by atoms with Gasteiger partial charge in [-0.05, 0) is 53.4 Å². The molecule has 0 amide bonds. The van der Waals surface area contributed by atoms with E-state index in [1.54, 1.807) is 18.3 Å². The highest BCUT2D eigenvalue weighted by atomic mass is 79.9. The minimum Gasteiger partial charge on any atom is -0.487 e. The lowest BCUT2D eigenvalue weighted by Crippen LogP contribution is -2.01. The Morgan fingerprint density at radius 2 is 2.17 bits per heavy atom. The Hall–Kier alpha value is -1.13. The van der Waals surface area contributed by atoms with Crippen LogP contribution in [0.1, 0.15) is 27.7 Å². The van der Waals surface area contributed by atoms with Gasteiger partial charge in [-0.3, -0.25) is 4.79 Å². The number of Topliss-reactive ketones (excluding diaryl/α,β-unsaturated/α-hetero) is 1. The number of benzene rings is 1. The number of thiophene rings is 1. The lowest BCUT2D eigenvalue weighted by molar-refractivity contribution is 0.101. The summed E-state index contributed by atoms with van der Waals surface area (Å²) in [6, 6.07) is 7.66. The zero-order valence-corrected chi connectivity index (χ0v) is 12.6. The van der Waals surface area contributed by atoms with E-state index in [-0.39, 0.29) is 5.78 Å². The number of hydrogen-bond acceptors (Lipinski definition) is 3. The molecule has 1 heterocycles. The summed E-state index contributed by atoms with van der Waals surface area (Å²) in [6.45, 7) is 4.00. The van der Waals surface area contributed by atoms with Gasteiger partial charge in [-0.1, -0.05) is 11.6 Å². The van der Waals surface area contributed by atoms with E-state index in [0.29, 0.717) is 17.9 Å². The molecule has 0 aliphatic heterocycles. The summed E-state index contributed by atoms with van der Waals surface area (Å²) in [5.41, 5.74) is 1.70. The van der Waals surface area contributed by atoms with Crippen LogP contribution in [0.15, 0.2) is 34.1 Å². The van der Waals surface area contributed by atoms with Crippen molar-refractivity contribution in [2.24, 2.45) is 0 Å². The van der Waals surface area contributed by atoms with Crippen LogP contribution >= 0.6 is 27.3 Å². The zero-order chi connectivity index (χ0) is 13.1. The highest BCUT2D eigenvalue weighted by Gasteiger charge is 2.10. The predicted octanol–water partition coefficient (Wildman–Crippen LogP) is 4.60. The van der Waals surface area contributed by atoms with E-state index in [1.807, 2.05) is 36.6 Å². The van der Waals surface area contributed by atoms with Crippen LogP contribution in [-0.4, -0.2) is 5.78 Å². The Kier molecular flexibility index (Phi) is 4.19. The fourth-order valence-electron chi connectivity index (χ4n) is 1.62. The lowest BCUT2D eigenvalue weighted by atomic mass is 10.1. The molecule has 0 fully saturated rings. The van der Waals surface area contributed by atoms with E-state index >= 15 is 0 Å². The third-order valence-electron chi connectivity index (χ3n) is 2.56. The molecule has 94 valence electrons. The van der Waals surface area contributed by atoms with Crippen LogP contribution in [0, 0.1) is 6.92 Å². The first-order chi connectivity index (χ1) is 8.58. The summed E-state index contributed by atoms with van der Waals surface area (Å²) < 4.78 is 6.78. The second-order valence-electron chi connectivity index (χ2n) is 4.04. The molecule has 0 atom stereocenters. The van der Waals surface area contributed by atoms with E-state index in [1.165, 1.54) is 0 Å². The van der Waals surface area contributed by atoms with Gasteiger partial charge >= 0.3 is 0 Å². The number of carbonyl (C=O) groups excluding carboxylic acids is 1. The van der Waals surface area contributed by atoms with E-state index in [9.17, 15) is 4.79 Å². The topological polar surface area (TPSA) is 26.3 Å². The molecule has 18 heavy (non-hydrogen) atoms. The smallest absolute Gasteiger partial charge is 0.163 e. The number of rotatable bonds is 4. The molecular formula is C14H13BrO2S. The third kappa shape index (κ3) is 3.00. The fourth-order valence-corrected chi connectivity index (χ4v) is 2.99. The molecule has 0 bridgehead atoms. The molecule has 2 nitrogen and oxygen atoms in total. The molecule has 0 spiro atoms. The van der Waals surface area contributed by atoms with Gasteiger partial charge in [-0.2, -0.15) is 0 Å². The maximum atomic E-state index is 11.6. The Labute approximate surface area is 119 Å². The Morgan fingerprint density at radius 1 is 1.39 bits per heavy atom. The van der Waals surface area contributed by atoms with Gasteiger partial charge in [0.15, 0.2) is 5.78 Å². The van der Waals surface area contributed by atoms with Gasteiger partial charge in [0.1, 0.15) is 12.4 Å². The van der Waals surface area contributed by atoms with Gasteiger partial charge in [0, 0.05) is 4.47 Å². The molecule has 0 unspecified atom stereocenters. The maximum absolute atomic E-state index is 11.6. The molecule has 0 saturated carbocycles. The number of carbonyl (C=O) groups is 1. The molecule has 0 radical (unpaired) electrons. The first-order valence-corrected chi connectivity index (χ1v) is 7.21. The SMILES string of the molecule is CC(=O)c1cc(C)ccc1OCc1sccc1Br. The zero-order valence-electron chi connectivity index (χ0n) is 10.2. The summed E-state index contributed by atoms with van der Waals surface area (Å²) >= 11 is 5.09. The predicted molar refractivity (Wildman–Crippen MR) is 77.5 cm³/mol. The molecule has 4 heteroatoms. The van der Waals surface area contributed by atoms with E-state index < -0.39 is 0 Å². The van der Waals surface area contributed by atoms with Crippen molar-refractivity contribution in [2.45, 2.75) is 20.5 Å². The minimum absolute atomic E-state index is 0.0268. The Bertz CT molecular complexity index is 575. The molecule has 0 N–H and O–H groups in total. The van der Waals surface area contributed by atoms with Crippen molar-refractivity contribution in [3.8, 4) is 5.75 Å². The summed E-state index contributed by atoms with van der Waals surface area (Å²) in [4.78, 5) is 12.7. The number of aryl methyl sites for hydroxylation is 1. The maximum Gasteiger partial charge on any atom is 0.163 e. The van der Waals surface area contributed by atoms with E-state index in [2.05, 4.69) is 15.9 Å². The quantitative estimate of drug-likeness (QED) is 0.768. The number of hydrogen-bond donors (Lipinski definition) is 0. The fraction of sp³-hybridized carbons (Fsp3) is 0.214. The van der Waals surface area contributed by atoms with Crippen molar-refractivity contribution < 1.29 is 9.53 Å². The summed E-state index contributed by atoms with van der Waals surface area (Å²) in [7, 11) is 0. The second kappa shape index (κ2) is 5.67. The molecule has 1 aromatic heterocycles. The molecule has 0 saturated heterocycles. The molecule has 1 aromatic carbocycles. The number of ketones is 1. The highest BCUT2D eigenvalue weighted by molar-refractivity contribution is 9.10. The van der Waals surface area contributed by atoms with Crippen LogP contribution in [0.25, 0.3) is 0 Å². The van der Waals surface area contributed by atoms with Crippen LogP contribution < -0.4 is 4.74 Å². The van der Waals surface area contributed by atoms with Gasteiger partial charge in [0.2, 0.25) is 0 Å². The van der Waals surface area contributed by atoms with Crippen molar-refractivity contribution in [3.63, 3.8) is 0 Å². The van der Waals surface area contributed by atoms with Crippen molar-refractivity contribution >= 4 is 33.0 Å². The summed E-state index contributed by atoms with van der Waals surface area (Å²) in [5.74, 6) is 0.673. The molecular weight excluding hydrogens is 312 g/mol. The standard InChI is InChI=1S/C14H13BrO2S/c1-9-3-4-13(11(7-9)10(2)16)17-8-14-12(15)5-6-18-14/h3-7H,8H2,1-2H3. The van der Waals surface area contributed by atoms with Gasteiger partial charge in [-0.25, -0.2) is 0 Å². The Balaban J connectivity index is 2.19. The molecule has 2 aromatic rings. The summed E-state index contributed by atoms with van der Waals surface area (Å²) in [6.07, 6.45) is 0. The average molecular weight is 325 g/mol. The molecule has 2 rings (SSSR count). The average Bonchev–Trinajstić information content (AvgIpc) is 2.73. The number of halogens is 1. The minimum atomic E-state index is 0.0268. The molecule has 0 aliphatic carbocycles. The van der Waals surface area contributed by atoms with E-state index in [0.717, 1.165) is 14.9 Å². The van der Waals surface area contributed by atoms with Gasteiger partial charge in [-0.15, -0.1) is 11.3 Å². The first-order valence-electron chi connectivity index (χ1n) is 5.54. The largest absolute Gasteiger partial charge is 0.487 e. The third-order valence-corrected chi connectivity index (χ3v) is 4.46. The van der Waals surface area contributed by atoms with Gasteiger partial charge < -0.3 is 4.74 Å². The normalized spacial score (nSPS) is 10.4. The first kappa shape index (κ1) is 13.3. The lowest BCUT2D eigenvalue weighted by Gasteiger charge is -2.10. The monoisotopic (exact) mass is 324 g/mol. The van der Waals surface area contributed by atoms with Crippen molar-refractivity contribution in [3.05, 3.63) is 50.1 Å². The van der Waals surface area contributed by atoms with Crippen LogP contribution in [0.3, 0.4) is 0 Å². The van der Waals surface area contributed by atoms with Crippen LogP contribution in [0.4, 0.5) is 0 Å². The van der Waals surface area contributed by atoms with Crippen LogP contribution in [-0.2, 0) is 6.61 Å². The van der Waals surface area contributed by atoms with Gasteiger partial charge in [0.25, 0.3) is 0 Å². The van der Waals surface area contributed by atoms with Crippen molar-refractivity contribution in [1.82, 2.24) is 0 Å². The summed E-state index contributed by atoms with van der Waals surface area (Å²) in [5, 5.41) is 2.00. The van der Waals surface area contributed by atoms with Crippen LogP contribution in [0.2, 0.25) is 0 Å². The Morgan fingerprint density at radius 3 is 2.78 bits per heavy atom.